The molecule has 20 heavy (non-hydrogen) atoms. The van der Waals surface area contributed by atoms with Crippen molar-refractivity contribution in [2.75, 3.05) is 26.7 Å². The molecule has 1 amide bonds. The molecule has 0 unspecified atom stereocenters. The highest BCUT2D eigenvalue weighted by atomic mass is 35.5. The molecule has 0 atom stereocenters. The van der Waals surface area contributed by atoms with Crippen LogP contribution in [0.1, 0.15) is 18.4 Å². The smallest absolute Gasteiger partial charge is 0.226 e. The minimum absolute atomic E-state index is 0.172. The van der Waals surface area contributed by atoms with E-state index in [1.807, 2.05) is 18.0 Å². The average Bonchev–Trinajstić information content (AvgIpc) is 2.44. The van der Waals surface area contributed by atoms with Gasteiger partial charge in [0.05, 0.1) is 16.5 Å². The third-order valence-electron chi connectivity index (χ3n) is 3.80. The number of likely N-dealkylation sites (tertiary alicyclic amines) is 1. The fraction of sp³-hybridized carbons (Fsp3) is 0.533. The topological polar surface area (TPSA) is 32.3 Å². The minimum atomic E-state index is 0.172. The second kappa shape index (κ2) is 7.30. The molecule has 0 aromatic heterocycles. The Morgan fingerprint density at radius 3 is 2.60 bits per heavy atom. The number of carbonyl (C=O) groups excluding carboxylic acids is 1. The molecule has 1 aromatic rings. The normalized spacial score (nSPS) is 16.4. The summed E-state index contributed by atoms with van der Waals surface area (Å²) in [6.45, 7) is 2.74. The molecule has 5 heteroatoms. The van der Waals surface area contributed by atoms with Gasteiger partial charge in [-0.1, -0.05) is 29.3 Å². The SMILES string of the molecule is CNCC1CCN(C(=O)Cc2ccc(Cl)c(Cl)c2)CC1. The molecule has 110 valence electrons. The maximum atomic E-state index is 12.3. The Bertz CT molecular complexity index is 471. The van der Waals surface area contributed by atoms with Gasteiger partial charge in [-0.3, -0.25) is 4.79 Å². The van der Waals surface area contributed by atoms with Crippen molar-refractivity contribution in [3.05, 3.63) is 33.8 Å². The molecule has 0 radical (unpaired) electrons. The molecule has 0 aliphatic carbocycles. The first-order valence-corrected chi connectivity index (χ1v) is 7.72. The minimum Gasteiger partial charge on any atom is -0.342 e. The zero-order valence-electron chi connectivity index (χ0n) is 11.7. The van der Waals surface area contributed by atoms with Crippen molar-refractivity contribution in [2.24, 2.45) is 5.92 Å². The number of nitrogens with zero attached hydrogens (tertiary/aromatic N) is 1. The van der Waals surface area contributed by atoms with Gasteiger partial charge in [-0.15, -0.1) is 0 Å². The van der Waals surface area contributed by atoms with Crippen LogP contribution in [0.2, 0.25) is 10.0 Å². The lowest BCUT2D eigenvalue weighted by Crippen LogP contribution is -2.41. The van der Waals surface area contributed by atoms with Crippen LogP contribution in [0.3, 0.4) is 0 Å². The molecule has 1 aliphatic rings. The molecule has 2 rings (SSSR count). The van der Waals surface area contributed by atoms with Gasteiger partial charge in [0.2, 0.25) is 5.91 Å². The first kappa shape index (κ1) is 15.6. The number of amides is 1. The van der Waals surface area contributed by atoms with E-state index in [9.17, 15) is 4.79 Å². The van der Waals surface area contributed by atoms with Crippen LogP contribution in [0.15, 0.2) is 18.2 Å². The molecule has 0 spiro atoms. The Balaban J connectivity index is 1.88. The maximum absolute atomic E-state index is 12.3. The number of benzene rings is 1. The standard InChI is InChI=1S/C15H20Cl2N2O/c1-18-10-11-4-6-19(7-5-11)15(20)9-12-2-3-13(16)14(17)8-12/h2-3,8,11,18H,4-7,9-10H2,1H3. The number of rotatable bonds is 4. The van der Waals surface area contributed by atoms with Crippen molar-refractivity contribution in [1.82, 2.24) is 10.2 Å². The summed E-state index contributed by atoms with van der Waals surface area (Å²) < 4.78 is 0. The average molecular weight is 315 g/mol. The summed E-state index contributed by atoms with van der Waals surface area (Å²) in [6, 6.07) is 5.38. The molecule has 3 nitrogen and oxygen atoms in total. The summed E-state index contributed by atoms with van der Waals surface area (Å²) in [6.07, 6.45) is 2.55. The molecule has 1 saturated heterocycles. The fourth-order valence-corrected chi connectivity index (χ4v) is 2.93. The van der Waals surface area contributed by atoms with Crippen LogP contribution in [-0.4, -0.2) is 37.5 Å². The summed E-state index contributed by atoms with van der Waals surface area (Å²) in [5, 5.41) is 4.23. The number of hydrogen-bond acceptors (Lipinski definition) is 2. The van der Waals surface area contributed by atoms with Gasteiger partial charge in [-0.2, -0.15) is 0 Å². The summed E-state index contributed by atoms with van der Waals surface area (Å²) in [4.78, 5) is 14.2. The van der Waals surface area contributed by atoms with E-state index in [1.54, 1.807) is 12.1 Å². The molecule has 0 saturated carbocycles. The van der Waals surface area contributed by atoms with Gasteiger partial charge in [-0.25, -0.2) is 0 Å². The maximum Gasteiger partial charge on any atom is 0.226 e. The zero-order valence-corrected chi connectivity index (χ0v) is 13.2. The van der Waals surface area contributed by atoms with Gasteiger partial charge in [0.15, 0.2) is 0 Å². The first-order chi connectivity index (χ1) is 9.60. The van der Waals surface area contributed by atoms with E-state index in [4.69, 9.17) is 23.2 Å². The van der Waals surface area contributed by atoms with Gasteiger partial charge >= 0.3 is 0 Å². The highest BCUT2D eigenvalue weighted by Gasteiger charge is 2.22. The highest BCUT2D eigenvalue weighted by molar-refractivity contribution is 6.42. The molecular weight excluding hydrogens is 295 g/mol. The molecule has 0 bridgehead atoms. The van der Waals surface area contributed by atoms with E-state index in [2.05, 4.69) is 5.32 Å². The lowest BCUT2D eigenvalue weighted by atomic mass is 9.96. The van der Waals surface area contributed by atoms with Crippen LogP contribution in [0, 0.1) is 5.92 Å². The number of nitrogens with one attached hydrogen (secondary N) is 1. The number of hydrogen-bond donors (Lipinski definition) is 1. The van der Waals surface area contributed by atoms with Gasteiger partial charge in [0.25, 0.3) is 0 Å². The van der Waals surface area contributed by atoms with Crippen molar-refractivity contribution in [3.8, 4) is 0 Å². The second-order valence-electron chi connectivity index (χ2n) is 5.31. The fourth-order valence-electron chi connectivity index (χ4n) is 2.61. The Kier molecular flexibility index (Phi) is 5.70. The summed E-state index contributed by atoms with van der Waals surface area (Å²) in [7, 11) is 1.97. The van der Waals surface area contributed by atoms with Crippen LogP contribution < -0.4 is 5.32 Å². The monoisotopic (exact) mass is 314 g/mol. The number of halogens is 2. The Hall–Kier alpha value is -0.770. The molecule has 1 heterocycles. The van der Waals surface area contributed by atoms with Crippen LogP contribution in [0.25, 0.3) is 0 Å². The van der Waals surface area contributed by atoms with E-state index in [0.29, 0.717) is 22.4 Å². The van der Waals surface area contributed by atoms with E-state index in [-0.39, 0.29) is 5.91 Å². The van der Waals surface area contributed by atoms with E-state index in [1.165, 1.54) is 0 Å². The summed E-state index contributed by atoms with van der Waals surface area (Å²) in [5.74, 6) is 0.861. The second-order valence-corrected chi connectivity index (χ2v) is 6.12. The van der Waals surface area contributed by atoms with Crippen LogP contribution in [0.4, 0.5) is 0 Å². The Labute approximate surface area is 130 Å². The third kappa shape index (κ3) is 4.11. The Morgan fingerprint density at radius 1 is 1.30 bits per heavy atom. The van der Waals surface area contributed by atoms with Gasteiger partial charge in [0, 0.05) is 13.1 Å². The molecule has 1 aromatic carbocycles. The summed E-state index contributed by atoms with van der Waals surface area (Å²) >= 11 is 11.9. The predicted molar refractivity (Wildman–Crippen MR) is 83.4 cm³/mol. The van der Waals surface area contributed by atoms with Crippen LogP contribution in [0.5, 0.6) is 0 Å². The Morgan fingerprint density at radius 2 is 2.00 bits per heavy atom. The number of carbonyl (C=O) groups is 1. The van der Waals surface area contributed by atoms with E-state index < -0.39 is 0 Å². The van der Waals surface area contributed by atoms with Crippen molar-refractivity contribution in [1.29, 1.82) is 0 Å². The highest BCUT2D eigenvalue weighted by Crippen LogP contribution is 2.23. The van der Waals surface area contributed by atoms with Gasteiger partial charge in [-0.05, 0) is 50.0 Å². The van der Waals surface area contributed by atoms with Crippen molar-refractivity contribution in [3.63, 3.8) is 0 Å². The lowest BCUT2D eigenvalue weighted by Gasteiger charge is -2.32. The predicted octanol–water partition coefficient (Wildman–Crippen LogP) is 2.99. The number of piperidine rings is 1. The van der Waals surface area contributed by atoms with Crippen LogP contribution >= 0.6 is 23.2 Å². The van der Waals surface area contributed by atoms with Crippen molar-refractivity contribution in [2.45, 2.75) is 19.3 Å². The molecule has 1 fully saturated rings. The van der Waals surface area contributed by atoms with Gasteiger partial charge in [0.1, 0.15) is 0 Å². The quantitative estimate of drug-likeness (QED) is 0.926. The van der Waals surface area contributed by atoms with E-state index >= 15 is 0 Å². The van der Waals surface area contributed by atoms with Crippen molar-refractivity contribution < 1.29 is 4.79 Å². The third-order valence-corrected chi connectivity index (χ3v) is 4.54. The first-order valence-electron chi connectivity index (χ1n) is 6.96. The van der Waals surface area contributed by atoms with E-state index in [0.717, 1.165) is 38.0 Å². The van der Waals surface area contributed by atoms with Crippen molar-refractivity contribution >= 4 is 29.1 Å². The zero-order chi connectivity index (χ0) is 14.5. The van der Waals surface area contributed by atoms with Crippen LogP contribution in [-0.2, 0) is 11.2 Å². The summed E-state index contributed by atoms with van der Waals surface area (Å²) in [5.41, 5.74) is 0.918. The lowest BCUT2D eigenvalue weighted by molar-refractivity contribution is -0.131. The molecule has 1 aliphatic heterocycles. The largest absolute Gasteiger partial charge is 0.342 e. The molecular formula is C15H20Cl2N2O. The molecule has 1 N–H and O–H groups in total. The van der Waals surface area contributed by atoms with Gasteiger partial charge < -0.3 is 10.2 Å².